The van der Waals surface area contributed by atoms with Crippen molar-refractivity contribution in [3.63, 3.8) is 0 Å². The average Bonchev–Trinajstić information content (AvgIpc) is 2.45. The number of alkyl halides is 3. The Morgan fingerprint density at radius 2 is 2.05 bits per heavy atom. The third kappa shape index (κ3) is 6.42. The molecule has 0 radical (unpaired) electrons. The highest BCUT2D eigenvalue weighted by molar-refractivity contribution is 7.99. The minimum atomic E-state index is -4.50. The summed E-state index contributed by atoms with van der Waals surface area (Å²) in [6.07, 6.45) is -0.555. The fourth-order valence-electron chi connectivity index (χ4n) is 1.75. The van der Waals surface area contributed by atoms with Crippen LogP contribution in [0.2, 0.25) is 0 Å². The van der Waals surface area contributed by atoms with Crippen LogP contribution in [-0.2, 0) is 6.18 Å². The second-order valence-corrected chi connectivity index (χ2v) is 5.74. The topological polar surface area (TPSA) is 48.7 Å². The maximum absolute atomic E-state index is 12.7. The van der Waals surface area contributed by atoms with Crippen LogP contribution < -0.4 is 5.32 Å². The number of halogens is 4. The van der Waals surface area contributed by atoms with E-state index in [0.29, 0.717) is 0 Å². The summed E-state index contributed by atoms with van der Waals surface area (Å²) in [4.78, 5) is 3.61. The molecule has 0 amide bonds. The van der Waals surface area contributed by atoms with Gasteiger partial charge in [-0.25, -0.2) is 4.98 Å². The van der Waals surface area contributed by atoms with Gasteiger partial charge in [-0.3, -0.25) is 0 Å². The van der Waals surface area contributed by atoms with Crippen molar-refractivity contribution >= 4 is 24.2 Å². The van der Waals surface area contributed by atoms with Crippen LogP contribution in [0, 0.1) is 11.3 Å². The minimum absolute atomic E-state index is 0. The number of unbranched alkanes of at least 4 members (excludes halogenated alkanes) is 2. The molecule has 0 spiro atoms. The predicted molar refractivity (Wildman–Crippen MR) is 84.0 cm³/mol. The van der Waals surface area contributed by atoms with Crippen LogP contribution in [0.5, 0.6) is 0 Å². The van der Waals surface area contributed by atoms with Gasteiger partial charge in [0.1, 0.15) is 16.8 Å². The summed E-state index contributed by atoms with van der Waals surface area (Å²) in [7, 11) is 1.75. The number of pyridine rings is 1. The quantitative estimate of drug-likeness (QED) is 0.441. The van der Waals surface area contributed by atoms with Crippen molar-refractivity contribution in [3.05, 3.63) is 23.4 Å². The molecule has 22 heavy (non-hydrogen) atoms. The second kappa shape index (κ2) is 9.93. The Balaban J connectivity index is 0.00000441. The van der Waals surface area contributed by atoms with Crippen molar-refractivity contribution < 1.29 is 13.2 Å². The molecule has 0 aromatic carbocycles. The van der Waals surface area contributed by atoms with Crippen LogP contribution in [0.1, 0.15) is 43.9 Å². The average molecular weight is 354 g/mol. The zero-order chi connectivity index (χ0) is 15.9. The SMILES string of the molecule is CCCCCC(NC)Sc1nc(C(F)(F)F)ccc1C#N.Cl. The van der Waals surface area contributed by atoms with E-state index in [2.05, 4.69) is 17.2 Å². The highest BCUT2D eigenvalue weighted by Crippen LogP contribution is 2.32. The molecule has 1 heterocycles. The lowest BCUT2D eigenvalue weighted by Crippen LogP contribution is -2.22. The highest BCUT2D eigenvalue weighted by atomic mass is 35.5. The van der Waals surface area contributed by atoms with Gasteiger partial charge in [-0.1, -0.05) is 37.9 Å². The van der Waals surface area contributed by atoms with Gasteiger partial charge in [0.2, 0.25) is 0 Å². The van der Waals surface area contributed by atoms with E-state index >= 15 is 0 Å². The maximum Gasteiger partial charge on any atom is 0.433 e. The lowest BCUT2D eigenvalue weighted by molar-refractivity contribution is -0.141. The predicted octanol–water partition coefficient (Wildman–Crippen LogP) is 4.61. The van der Waals surface area contributed by atoms with Crippen molar-refractivity contribution in [2.75, 3.05) is 7.05 Å². The molecule has 1 N–H and O–H groups in total. The van der Waals surface area contributed by atoms with Crippen LogP contribution in [-0.4, -0.2) is 17.4 Å². The third-order valence-electron chi connectivity index (χ3n) is 2.92. The summed E-state index contributed by atoms with van der Waals surface area (Å²) in [5.74, 6) is 0. The summed E-state index contributed by atoms with van der Waals surface area (Å²) in [5.41, 5.74) is -0.795. The normalized spacial score (nSPS) is 12.4. The molecule has 0 bridgehead atoms. The van der Waals surface area contributed by atoms with Gasteiger partial charge in [0.15, 0.2) is 0 Å². The Hall–Kier alpha value is -0.970. The van der Waals surface area contributed by atoms with Crippen molar-refractivity contribution in [1.82, 2.24) is 10.3 Å². The van der Waals surface area contributed by atoms with Crippen LogP contribution in [0.3, 0.4) is 0 Å². The Bertz CT molecular complexity index is 503. The summed E-state index contributed by atoms with van der Waals surface area (Å²) in [5, 5.41) is 12.1. The molecule has 0 fully saturated rings. The number of rotatable bonds is 7. The first-order valence-corrected chi connectivity index (χ1v) is 7.62. The van der Waals surface area contributed by atoms with Gasteiger partial charge in [0.05, 0.1) is 10.9 Å². The van der Waals surface area contributed by atoms with E-state index in [0.717, 1.165) is 31.7 Å². The molecule has 0 saturated heterocycles. The molecular formula is C14H19ClF3N3S. The molecule has 8 heteroatoms. The molecule has 0 saturated carbocycles. The Kier molecular flexibility index (Phi) is 9.49. The molecule has 1 atom stereocenters. The fraction of sp³-hybridized carbons (Fsp3) is 0.571. The summed E-state index contributed by atoms with van der Waals surface area (Å²) in [6, 6.07) is 3.91. The molecule has 1 aromatic rings. The van der Waals surface area contributed by atoms with E-state index < -0.39 is 11.9 Å². The monoisotopic (exact) mass is 353 g/mol. The number of nitrogens with zero attached hydrogens (tertiary/aromatic N) is 2. The second-order valence-electron chi connectivity index (χ2n) is 4.55. The number of nitriles is 1. The number of aromatic nitrogens is 1. The van der Waals surface area contributed by atoms with Crippen LogP contribution in [0.25, 0.3) is 0 Å². The van der Waals surface area contributed by atoms with Crippen LogP contribution in [0.4, 0.5) is 13.2 Å². The highest BCUT2D eigenvalue weighted by Gasteiger charge is 2.33. The van der Waals surface area contributed by atoms with Crippen molar-refractivity contribution in [2.45, 2.75) is 49.2 Å². The Morgan fingerprint density at radius 1 is 1.36 bits per heavy atom. The van der Waals surface area contributed by atoms with Crippen LogP contribution in [0.15, 0.2) is 17.2 Å². The number of nitrogens with one attached hydrogen (secondary N) is 1. The first-order valence-electron chi connectivity index (χ1n) is 6.74. The van der Waals surface area contributed by atoms with Gasteiger partial charge in [0.25, 0.3) is 0 Å². The first-order chi connectivity index (χ1) is 9.92. The summed E-state index contributed by atoms with van der Waals surface area (Å²) < 4.78 is 38.1. The molecule has 1 unspecified atom stereocenters. The summed E-state index contributed by atoms with van der Waals surface area (Å²) in [6.45, 7) is 2.09. The maximum atomic E-state index is 12.7. The van der Waals surface area contributed by atoms with Gasteiger partial charge >= 0.3 is 6.18 Å². The molecule has 0 aliphatic rings. The fourth-order valence-corrected chi connectivity index (χ4v) is 2.81. The largest absolute Gasteiger partial charge is 0.433 e. The molecule has 0 aliphatic heterocycles. The van der Waals surface area contributed by atoms with Gasteiger partial charge in [-0.15, -0.1) is 12.4 Å². The van der Waals surface area contributed by atoms with E-state index in [1.54, 1.807) is 7.05 Å². The van der Waals surface area contributed by atoms with Crippen molar-refractivity contribution in [1.29, 1.82) is 5.26 Å². The Morgan fingerprint density at radius 3 is 2.55 bits per heavy atom. The standard InChI is InChI=1S/C14H18F3N3S.ClH/c1-3-4-5-6-12(19-2)21-13-10(9-18)7-8-11(20-13)14(15,16)17;/h7-8,12,19H,3-6H2,1-2H3;1H. The van der Waals surface area contributed by atoms with Gasteiger partial charge in [-0.05, 0) is 25.6 Å². The molecule has 1 aromatic heterocycles. The van der Waals surface area contributed by atoms with E-state index in [1.807, 2.05) is 6.07 Å². The van der Waals surface area contributed by atoms with Gasteiger partial charge < -0.3 is 5.32 Å². The van der Waals surface area contributed by atoms with Crippen LogP contribution >= 0.6 is 24.2 Å². The molecule has 0 aliphatic carbocycles. The number of hydrogen-bond acceptors (Lipinski definition) is 4. The van der Waals surface area contributed by atoms with Gasteiger partial charge in [-0.2, -0.15) is 18.4 Å². The first kappa shape index (κ1) is 21.0. The van der Waals surface area contributed by atoms with Gasteiger partial charge in [0, 0.05) is 0 Å². The number of hydrogen-bond donors (Lipinski definition) is 1. The van der Waals surface area contributed by atoms with E-state index in [4.69, 9.17) is 5.26 Å². The minimum Gasteiger partial charge on any atom is -0.308 e. The van der Waals surface area contributed by atoms with E-state index in [1.165, 1.54) is 17.8 Å². The smallest absolute Gasteiger partial charge is 0.308 e. The van der Waals surface area contributed by atoms with Crippen molar-refractivity contribution in [2.24, 2.45) is 0 Å². The lowest BCUT2D eigenvalue weighted by atomic mass is 10.2. The van der Waals surface area contributed by atoms with Crippen molar-refractivity contribution in [3.8, 4) is 6.07 Å². The lowest BCUT2D eigenvalue weighted by Gasteiger charge is -2.16. The third-order valence-corrected chi connectivity index (χ3v) is 4.21. The zero-order valence-corrected chi connectivity index (χ0v) is 14.0. The molecule has 124 valence electrons. The summed E-state index contributed by atoms with van der Waals surface area (Å²) >= 11 is 1.18. The van der Waals surface area contributed by atoms with E-state index in [9.17, 15) is 13.2 Å². The molecule has 1 rings (SSSR count). The molecule has 3 nitrogen and oxygen atoms in total. The van der Waals surface area contributed by atoms with E-state index in [-0.39, 0.29) is 28.4 Å². The number of thioether (sulfide) groups is 1. The molecular weight excluding hydrogens is 335 g/mol. The Labute approximate surface area is 139 Å². The zero-order valence-electron chi connectivity index (χ0n) is 12.4.